The van der Waals surface area contributed by atoms with Gasteiger partial charge in [-0.1, -0.05) is 13.1 Å². The van der Waals surface area contributed by atoms with Crippen molar-refractivity contribution >= 4 is 45.7 Å². The summed E-state index contributed by atoms with van der Waals surface area (Å²) < 4.78 is 0. The molecule has 0 aromatic rings. The van der Waals surface area contributed by atoms with Crippen LogP contribution in [-0.4, -0.2) is 20.4 Å². The molecule has 0 saturated heterocycles. The Morgan fingerprint density at radius 2 is 1.17 bits per heavy atom. The van der Waals surface area contributed by atoms with E-state index in [0.717, 1.165) is 0 Å². The maximum atomic E-state index is 6.95. The molecular weight excluding hydrogens is 441 g/mol. The van der Waals surface area contributed by atoms with Crippen molar-refractivity contribution in [2.75, 3.05) is 12.3 Å². The summed E-state index contributed by atoms with van der Waals surface area (Å²) in [6.07, 6.45) is 0.993. The number of halogens is 4. The molecule has 0 aromatic heterocycles. The van der Waals surface area contributed by atoms with Gasteiger partial charge in [0.1, 0.15) is 0 Å². The van der Waals surface area contributed by atoms with Gasteiger partial charge in [-0.25, -0.2) is 0 Å². The van der Waals surface area contributed by atoms with Crippen LogP contribution in [0.25, 0.3) is 11.5 Å². The molecule has 0 unspecified atom stereocenters. The van der Waals surface area contributed by atoms with Crippen LogP contribution in [-0.2, 0) is 11.9 Å². The summed E-state index contributed by atoms with van der Waals surface area (Å²) >= 11 is -3.06. The molecule has 0 fully saturated rings. The minimum absolute atomic E-state index is 0.497. The second-order valence-corrected chi connectivity index (χ2v) is 27.5. The molecule has 0 aromatic carbocycles. The van der Waals surface area contributed by atoms with E-state index >= 15 is 0 Å². The van der Waals surface area contributed by atoms with E-state index in [-0.39, 0.29) is 0 Å². The fraction of sp³-hybridized carbons (Fsp3) is 1.00. The molecule has 84 valence electrons. The monoisotopic (exact) mass is 451 g/mol. The Labute approximate surface area is 93.8 Å². The predicted octanol–water partition coefficient (Wildman–Crippen LogP) is 4.63. The Kier molecular flexibility index (Phi) is 9.99. The van der Waals surface area contributed by atoms with Crippen molar-refractivity contribution in [1.29, 1.82) is 0 Å². The van der Waals surface area contributed by atoms with Gasteiger partial charge in [0, 0.05) is 8.07 Å². The van der Waals surface area contributed by atoms with Gasteiger partial charge in [0.2, 0.25) is 0 Å². The van der Waals surface area contributed by atoms with Crippen LogP contribution in [0, 0.1) is 0 Å². The summed E-state index contributed by atoms with van der Waals surface area (Å²) in [6.45, 7) is 4.12. The minimum atomic E-state index is -3.06. The first kappa shape index (κ1) is 16.4. The van der Waals surface area contributed by atoms with Crippen LogP contribution in [0.5, 0.6) is 0 Å². The normalized spacial score (nSPS) is 13.3. The molecule has 0 aliphatic rings. The van der Waals surface area contributed by atoms with E-state index in [1.165, 1.54) is 0 Å². The van der Waals surface area contributed by atoms with Gasteiger partial charge in [-0.3, -0.25) is 0 Å². The molecule has 0 atom stereocenters. The van der Waals surface area contributed by atoms with Gasteiger partial charge in [-0.05, 0) is 0 Å². The molecule has 2 nitrogen and oxygen atoms in total. The van der Waals surface area contributed by atoms with Crippen LogP contribution in [0.1, 0.15) is 0 Å². The van der Waals surface area contributed by atoms with Gasteiger partial charge in [0.25, 0.3) is 0 Å². The van der Waals surface area contributed by atoms with Gasteiger partial charge in [-0.15, -0.1) is 0 Å². The maximum absolute atomic E-state index is 6.95. The van der Waals surface area contributed by atoms with Crippen LogP contribution in [0.15, 0.2) is 0 Å². The first-order chi connectivity index (χ1) is 5.12. The van der Waals surface area contributed by atoms with Crippen molar-refractivity contribution in [3.63, 3.8) is 0 Å². The zero-order valence-corrected chi connectivity index (χ0v) is 13.0. The summed E-state index contributed by atoms with van der Waals surface area (Å²) in [5, 5.41) is 0. The summed E-state index contributed by atoms with van der Waals surface area (Å²) in [6, 6.07) is 0. The average molecular weight is 453 g/mol. The Hall–Kier alpha value is 1.99. The third-order valence-corrected chi connectivity index (χ3v) is 2.87. The van der Waals surface area contributed by atoms with E-state index in [9.17, 15) is 0 Å². The molecule has 0 radical (unpaired) electrons. The Morgan fingerprint density at radius 1 is 1.00 bits per heavy atom. The fourth-order valence-electron chi connectivity index (χ4n) is 0.0625. The van der Waals surface area contributed by atoms with E-state index in [4.69, 9.17) is 49.1 Å². The second-order valence-electron chi connectivity index (χ2n) is 2.79. The quantitative estimate of drug-likeness (QED) is 0.548. The van der Waals surface area contributed by atoms with Crippen LogP contribution < -0.4 is 0 Å². The van der Waals surface area contributed by atoms with Gasteiger partial charge >= 0.3 is 49.6 Å². The molecule has 0 spiro atoms. The number of hydrogen-bond donors (Lipinski definition) is 0. The molecule has 8 heteroatoms. The van der Waals surface area contributed by atoms with Crippen LogP contribution in [0.3, 0.4) is 0 Å². The summed E-state index contributed by atoms with van der Waals surface area (Å²) in [4.78, 5) is 0. The summed E-state index contributed by atoms with van der Waals surface area (Å²) in [7, 11) is 18.7. The molecule has 0 heterocycles. The van der Waals surface area contributed by atoms with Gasteiger partial charge < -0.3 is 11.5 Å². The Morgan fingerprint density at radius 3 is 1.17 bits per heavy atom. The molecule has 2 N–H and O–H groups in total. The van der Waals surface area contributed by atoms with Crippen LogP contribution in [0.2, 0.25) is 13.1 Å². The van der Waals surface area contributed by atoms with E-state index in [2.05, 4.69) is 13.1 Å². The molecule has 0 rings (SSSR count). The number of nitrogens with one attached hydrogen (secondary N) is 2. The zero-order chi connectivity index (χ0) is 10.4. The first-order valence-electron chi connectivity index (χ1n) is 2.89. The predicted molar refractivity (Wildman–Crippen MR) is 59.3 cm³/mol. The van der Waals surface area contributed by atoms with Crippen molar-refractivity contribution in [2.24, 2.45) is 0 Å². The fourth-order valence-corrected chi connectivity index (χ4v) is 0.187. The molecule has 0 saturated carbocycles. The van der Waals surface area contributed by atoms with E-state index in [1.54, 1.807) is 0 Å². The first-order valence-corrected chi connectivity index (χ1v) is 17.6. The molecule has 0 bridgehead atoms. The zero-order valence-electron chi connectivity index (χ0n) is 6.74. The van der Waals surface area contributed by atoms with Gasteiger partial charge in [0.15, 0.2) is 0 Å². The van der Waals surface area contributed by atoms with Crippen molar-refractivity contribution < 1.29 is 11.9 Å². The van der Waals surface area contributed by atoms with E-state index in [1.807, 2.05) is 0 Å². The summed E-state index contributed by atoms with van der Waals surface area (Å²) in [5.74, 6) is 0. The van der Waals surface area contributed by atoms with Crippen molar-refractivity contribution in [1.82, 2.24) is 0 Å². The van der Waals surface area contributed by atoms with Crippen LogP contribution >= 0.6 is 37.7 Å². The van der Waals surface area contributed by atoms with E-state index in [0.29, 0.717) is 12.3 Å². The molecule has 0 aliphatic carbocycles. The topological polar surface area (TPSA) is 47.6 Å². The molecule has 0 aliphatic heterocycles. The van der Waals surface area contributed by atoms with Gasteiger partial charge in [-0.2, -0.15) is 12.3 Å². The number of rotatable bonds is 2. The number of hydrogen-bond acceptors (Lipinski definition) is 0. The standard InChI is InChI=1S/C4H12N2Si.4ClH.Pt/c1-7(2,3-5)4-6;;;;;/h5-6H,3-4H2,1-2H3;4*1H;/q-2;;;;;+2/p-4. The Balaban J connectivity index is 0. The molecule has 0 amide bonds. The summed E-state index contributed by atoms with van der Waals surface area (Å²) in [5.41, 5.74) is 13.9. The van der Waals surface area contributed by atoms with E-state index < -0.39 is 20.0 Å². The third kappa shape index (κ3) is 22.7. The molecular formula is C4H12Cl4N2PtSi-4. The molecule has 12 heavy (non-hydrogen) atoms. The van der Waals surface area contributed by atoms with Crippen molar-refractivity contribution in [2.45, 2.75) is 13.1 Å². The third-order valence-electron chi connectivity index (χ3n) is 0.957. The van der Waals surface area contributed by atoms with Crippen molar-refractivity contribution in [3.8, 4) is 0 Å². The second kappa shape index (κ2) is 7.30. The van der Waals surface area contributed by atoms with Gasteiger partial charge in [0.05, 0.1) is 0 Å². The average Bonchev–Trinajstić information content (AvgIpc) is 1.85. The van der Waals surface area contributed by atoms with Crippen molar-refractivity contribution in [3.05, 3.63) is 11.5 Å². The SMILES string of the molecule is C[Si](C)(C[NH-])C[NH-].[Cl][Pt-2]([Cl])([Cl])[Cl]. The Bertz CT molecular complexity index is 106. The van der Waals surface area contributed by atoms with Crippen LogP contribution in [0.4, 0.5) is 0 Å².